The van der Waals surface area contributed by atoms with Crippen LogP contribution in [0.15, 0.2) is 24.3 Å². The van der Waals surface area contributed by atoms with Crippen molar-refractivity contribution in [2.75, 3.05) is 39.3 Å². The SMILES string of the molecule is CCOc1ccc(CN2CCN(CC(=O)NN3C(=O)NC(C)(CC)C3=O)CC2)cc1. The van der Waals surface area contributed by atoms with Gasteiger partial charge in [-0.3, -0.25) is 24.8 Å². The smallest absolute Gasteiger partial charge is 0.344 e. The Morgan fingerprint density at radius 3 is 2.30 bits per heavy atom. The maximum atomic E-state index is 12.4. The summed E-state index contributed by atoms with van der Waals surface area (Å²) in [7, 11) is 0. The van der Waals surface area contributed by atoms with E-state index in [1.807, 2.05) is 30.9 Å². The van der Waals surface area contributed by atoms with E-state index >= 15 is 0 Å². The highest BCUT2D eigenvalue weighted by Crippen LogP contribution is 2.19. The van der Waals surface area contributed by atoms with E-state index in [4.69, 9.17) is 4.74 Å². The predicted octanol–water partition coefficient (Wildman–Crippen LogP) is 0.955. The molecule has 9 nitrogen and oxygen atoms in total. The number of hydrogen-bond donors (Lipinski definition) is 2. The fraction of sp³-hybridized carbons (Fsp3) is 0.571. The maximum Gasteiger partial charge on any atom is 0.344 e. The average molecular weight is 418 g/mol. The van der Waals surface area contributed by atoms with Gasteiger partial charge in [-0.25, -0.2) is 4.79 Å². The quantitative estimate of drug-likeness (QED) is 0.612. The fourth-order valence-corrected chi connectivity index (χ4v) is 3.61. The molecule has 9 heteroatoms. The normalized spacial score (nSPS) is 22.8. The van der Waals surface area contributed by atoms with Crippen LogP contribution in [0.25, 0.3) is 0 Å². The summed E-state index contributed by atoms with van der Waals surface area (Å²) in [5, 5.41) is 3.42. The Hall–Kier alpha value is -2.65. The van der Waals surface area contributed by atoms with Crippen LogP contribution in [-0.4, -0.2) is 77.5 Å². The van der Waals surface area contributed by atoms with Crippen LogP contribution in [0, 0.1) is 0 Å². The lowest BCUT2D eigenvalue weighted by Gasteiger charge is -2.34. The molecular weight excluding hydrogens is 386 g/mol. The van der Waals surface area contributed by atoms with E-state index in [0.29, 0.717) is 13.0 Å². The lowest BCUT2D eigenvalue weighted by Crippen LogP contribution is -2.53. The number of imide groups is 1. The van der Waals surface area contributed by atoms with Crippen molar-refractivity contribution in [3.63, 3.8) is 0 Å². The van der Waals surface area contributed by atoms with Crippen LogP contribution < -0.4 is 15.5 Å². The number of benzene rings is 1. The minimum absolute atomic E-state index is 0.150. The van der Waals surface area contributed by atoms with Gasteiger partial charge in [0.15, 0.2) is 0 Å². The van der Waals surface area contributed by atoms with Crippen molar-refractivity contribution < 1.29 is 19.1 Å². The third kappa shape index (κ3) is 5.09. The highest BCUT2D eigenvalue weighted by molar-refractivity contribution is 6.07. The topological polar surface area (TPSA) is 94.2 Å². The number of rotatable bonds is 8. The van der Waals surface area contributed by atoms with Gasteiger partial charge in [0.2, 0.25) is 0 Å². The molecule has 1 aromatic rings. The van der Waals surface area contributed by atoms with Gasteiger partial charge in [0.25, 0.3) is 11.8 Å². The Morgan fingerprint density at radius 1 is 1.10 bits per heavy atom. The third-order valence-corrected chi connectivity index (χ3v) is 5.68. The van der Waals surface area contributed by atoms with E-state index in [1.165, 1.54) is 5.56 Å². The van der Waals surface area contributed by atoms with Gasteiger partial charge in [-0.15, -0.1) is 0 Å². The van der Waals surface area contributed by atoms with Crippen LogP contribution in [0.5, 0.6) is 5.75 Å². The van der Waals surface area contributed by atoms with Crippen LogP contribution in [0.4, 0.5) is 4.79 Å². The zero-order valence-electron chi connectivity index (χ0n) is 17.9. The number of amides is 4. The molecule has 30 heavy (non-hydrogen) atoms. The molecule has 0 radical (unpaired) electrons. The summed E-state index contributed by atoms with van der Waals surface area (Å²) in [6, 6.07) is 7.54. The molecule has 164 valence electrons. The van der Waals surface area contributed by atoms with Crippen molar-refractivity contribution in [3.05, 3.63) is 29.8 Å². The molecule has 2 fully saturated rings. The Morgan fingerprint density at radius 2 is 1.73 bits per heavy atom. The van der Waals surface area contributed by atoms with Crippen LogP contribution in [0.3, 0.4) is 0 Å². The molecule has 2 N–H and O–H groups in total. The molecule has 2 saturated heterocycles. The first-order valence-corrected chi connectivity index (χ1v) is 10.5. The number of nitrogens with one attached hydrogen (secondary N) is 2. The minimum Gasteiger partial charge on any atom is -0.494 e. The molecule has 0 aromatic heterocycles. The van der Waals surface area contributed by atoms with Crippen molar-refractivity contribution in [1.29, 1.82) is 0 Å². The zero-order valence-corrected chi connectivity index (χ0v) is 17.9. The van der Waals surface area contributed by atoms with Crippen LogP contribution in [0.2, 0.25) is 0 Å². The minimum atomic E-state index is -0.961. The van der Waals surface area contributed by atoms with Gasteiger partial charge in [-0.2, -0.15) is 5.01 Å². The summed E-state index contributed by atoms with van der Waals surface area (Å²) in [4.78, 5) is 41.1. The van der Waals surface area contributed by atoms with Gasteiger partial charge in [-0.05, 0) is 38.0 Å². The van der Waals surface area contributed by atoms with E-state index in [-0.39, 0.29) is 12.5 Å². The molecular formula is C21H31N5O4. The number of ether oxygens (including phenoxy) is 1. The van der Waals surface area contributed by atoms with Gasteiger partial charge in [0.1, 0.15) is 11.3 Å². The van der Waals surface area contributed by atoms with E-state index in [1.54, 1.807) is 6.92 Å². The predicted molar refractivity (Wildman–Crippen MR) is 112 cm³/mol. The molecule has 2 aliphatic rings. The lowest BCUT2D eigenvalue weighted by atomic mass is 10.00. The second-order valence-electron chi connectivity index (χ2n) is 7.92. The second kappa shape index (κ2) is 9.44. The van der Waals surface area contributed by atoms with Gasteiger partial charge in [0, 0.05) is 32.7 Å². The molecule has 1 atom stereocenters. The molecule has 0 saturated carbocycles. The second-order valence-corrected chi connectivity index (χ2v) is 7.92. The summed E-state index contributed by atoms with van der Waals surface area (Å²) in [6.45, 7) is 10.3. The molecule has 3 rings (SSSR count). The summed E-state index contributed by atoms with van der Waals surface area (Å²) >= 11 is 0. The summed E-state index contributed by atoms with van der Waals surface area (Å²) in [5.41, 5.74) is 2.71. The number of nitrogens with zero attached hydrogens (tertiary/aromatic N) is 3. The fourth-order valence-electron chi connectivity index (χ4n) is 3.61. The van der Waals surface area contributed by atoms with Crippen molar-refractivity contribution >= 4 is 17.8 Å². The van der Waals surface area contributed by atoms with Crippen molar-refractivity contribution in [2.24, 2.45) is 0 Å². The Kier molecular flexibility index (Phi) is 6.94. The lowest BCUT2D eigenvalue weighted by molar-refractivity contribution is -0.139. The summed E-state index contributed by atoms with van der Waals surface area (Å²) in [6.07, 6.45) is 0.459. The zero-order chi connectivity index (χ0) is 21.7. The molecule has 0 aliphatic carbocycles. The number of hydrazine groups is 1. The van der Waals surface area contributed by atoms with Gasteiger partial charge in [-0.1, -0.05) is 19.1 Å². The highest BCUT2D eigenvalue weighted by Gasteiger charge is 2.47. The number of carbonyl (C=O) groups excluding carboxylic acids is 3. The number of hydrogen-bond acceptors (Lipinski definition) is 6. The van der Waals surface area contributed by atoms with Gasteiger partial charge in [0.05, 0.1) is 13.2 Å². The van der Waals surface area contributed by atoms with Gasteiger partial charge < -0.3 is 10.1 Å². The Balaban J connectivity index is 1.42. The summed E-state index contributed by atoms with van der Waals surface area (Å²) in [5.74, 6) is 0.0869. The highest BCUT2D eigenvalue weighted by atomic mass is 16.5. The van der Waals surface area contributed by atoms with Gasteiger partial charge >= 0.3 is 6.03 Å². The monoisotopic (exact) mass is 417 g/mol. The molecule has 0 spiro atoms. The van der Waals surface area contributed by atoms with Crippen molar-refractivity contribution in [1.82, 2.24) is 25.6 Å². The third-order valence-electron chi connectivity index (χ3n) is 5.68. The molecule has 1 aromatic carbocycles. The Labute approximate surface area is 177 Å². The van der Waals surface area contributed by atoms with Crippen molar-refractivity contribution in [3.8, 4) is 5.75 Å². The van der Waals surface area contributed by atoms with Crippen molar-refractivity contribution in [2.45, 2.75) is 39.3 Å². The van der Waals surface area contributed by atoms with Crippen LogP contribution >= 0.6 is 0 Å². The van der Waals surface area contributed by atoms with Crippen LogP contribution in [0.1, 0.15) is 32.8 Å². The largest absolute Gasteiger partial charge is 0.494 e. The molecule has 0 bridgehead atoms. The summed E-state index contributed by atoms with van der Waals surface area (Å²) < 4.78 is 5.47. The van der Waals surface area contributed by atoms with E-state index < -0.39 is 17.5 Å². The maximum absolute atomic E-state index is 12.4. The molecule has 1 unspecified atom stereocenters. The molecule has 2 aliphatic heterocycles. The van der Waals surface area contributed by atoms with E-state index in [2.05, 4.69) is 27.8 Å². The first-order valence-electron chi connectivity index (χ1n) is 10.5. The molecule has 2 heterocycles. The van der Waals surface area contributed by atoms with E-state index in [0.717, 1.165) is 43.5 Å². The molecule has 4 amide bonds. The number of carbonyl (C=O) groups is 3. The number of urea groups is 1. The first kappa shape index (κ1) is 22.0. The number of piperazine rings is 1. The standard InChI is InChI=1S/C21H31N5O4/c1-4-21(3)19(28)26(20(29)22-21)23-18(27)15-25-12-10-24(11-13-25)14-16-6-8-17(9-7-16)30-5-2/h6-9H,4-5,10-15H2,1-3H3,(H,22,29)(H,23,27). The Bertz CT molecular complexity index is 776. The van der Waals surface area contributed by atoms with Crippen LogP contribution in [-0.2, 0) is 16.1 Å². The first-order chi connectivity index (χ1) is 14.3. The average Bonchev–Trinajstić information content (AvgIpc) is 2.95. The van der Waals surface area contributed by atoms with E-state index in [9.17, 15) is 14.4 Å².